The maximum atomic E-state index is 13.6. The van der Waals surface area contributed by atoms with Gasteiger partial charge in [0.1, 0.15) is 0 Å². The quantitative estimate of drug-likeness (QED) is 0.134. The molecule has 0 amide bonds. The van der Waals surface area contributed by atoms with Gasteiger partial charge in [0.2, 0.25) is 5.82 Å². The summed E-state index contributed by atoms with van der Waals surface area (Å²) in [4.78, 5) is 0. The number of aliphatic hydroxyl groups excluding tert-OH is 1. The van der Waals surface area contributed by atoms with Gasteiger partial charge in [0.05, 0.1) is 6.61 Å². The lowest BCUT2D eigenvalue weighted by atomic mass is 10.0. The van der Waals surface area contributed by atoms with Gasteiger partial charge in [-0.25, -0.2) is 22.0 Å². The molecule has 0 fully saturated rings. The molecule has 0 saturated heterocycles. The summed E-state index contributed by atoms with van der Waals surface area (Å²) in [5.41, 5.74) is -0.703. The van der Waals surface area contributed by atoms with E-state index < -0.39 is 34.6 Å². The average Bonchev–Trinajstić information content (AvgIpc) is 2.70. The number of aliphatic hydroxyl groups is 1. The van der Waals surface area contributed by atoms with Crippen molar-refractivity contribution in [3.05, 3.63) is 34.6 Å². The number of benzene rings is 1. The predicted octanol–water partition coefficient (Wildman–Crippen LogP) is 6.94. The Morgan fingerprint density at radius 1 is 0.500 bits per heavy atom. The molecule has 0 saturated carbocycles. The first kappa shape index (κ1) is 25.2. The number of halogens is 5. The first-order valence-corrected chi connectivity index (χ1v) is 11.3. The highest BCUT2D eigenvalue weighted by atomic mass is 32.2. The second-order valence-corrected chi connectivity index (χ2v) is 8.25. The van der Waals surface area contributed by atoms with Crippen molar-refractivity contribution in [3.8, 4) is 0 Å². The normalized spacial score (nSPS) is 11.4. The molecule has 0 aliphatic carbocycles. The summed E-state index contributed by atoms with van der Waals surface area (Å²) in [6, 6.07) is 0. The fourth-order valence-corrected chi connectivity index (χ4v) is 3.87. The Hall–Kier alpha value is -0.820. The zero-order valence-corrected chi connectivity index (χ0v) is 17.2. The van der Waals surface area contributed by atoms with Crippen LogP contribution in [0.15, 0.2) is 0 Å². The third kappa shape index (κ3) is 9.12. The van der Waals surface area contributed by atoms with E-state index in [1.165, 1.54) is 32.1 Å². The van der Waals surface area contributed by atoms with Gasteiger partial charge >= 0.3 is 0 Å². The van der Waals surface area contributed by atoms with Crippen LogP contribution in [0, 0.1) is 29.1 Å². The molecule has 7 heteroatoms. The lowest BCUT2D eigenvalue weighted by molar-refractivity contribution is 0.322. The Kier molecular flexibility index (Phi) is 13.6. The lowest BCUT2D eigenvalue weighted by Gasteiger charge is -2.08. The minimum atomic E-state index is -2.10. The molecular weight excluding hydrogens is 395 g/mol. The molecule has 1 nitrogen and oxygen atoms in total. The van der Waals surface area contributed by atoms with Crippen molar-refractivity contribution in [1.82, 2.24) is 0 Å². The molecule has 162 valence electrons. The van der Waals surface area contributed by atoms with Crippen LogP contribution in [0.5, 0.6) is 0 Å². The van der Waals surface area contributed by atoms with Crippen molar-refractivity contribution in [2.75, 3.05) is 18.1 Å². The van der Waals surface area contributed by atoms with Gasteiger partial charge in [-0.3, -0.25) is 0 Å². The molecule has 0 unspecified atom stereocenters. The van der Waals surface area contributed by atoms with E-state index in [-0.39, 0.29) is 13.0 Å². The Bertz CT molecular complexity index is 539. The van der Waals surface area contributed by atoms with Crippen LogP contribution >= 0.6 is 11.8 Å². The molecule has 0 bridgehead atoms. The van der Waals surface area contributed by atoms with Crippen molar-refractivity contribution in [3.63, 3.8) is 0 Å². The van der Waals surface area contributed by atoms with E-state index in [1.54, 1.807) is 11.8 Å². The SMILES string of the molecule is OCCSCCCCCCCCCCCCCc1c(F)c(F)c(F)c(F)c1F. The maximum Gasteiger partial charge on any atom is 0.200 e. The second-order valence-electron chi connectivity index (χ2n) is 7.02. The third-order valence-electron chi connectivity index (χ3n) is 4.75. The van der Waals surface area contributed by atoms with E-state index in [9.17, 15) is 22.0 Å². The molecule has 1 N–H and O–H groups in total. The molecular formula is C21H31F5OS. The molecule has 28 heavy (non-hydrogen) atoms. The highest BCUT2D eigenvalue weighted by Crippen LogP contribution is 2.24. The van der Waals surface area contributed by atoms with Gasteiger partial charge in [0, 0.05) is 11.3 Å². The zero-order chi connectivity index (χ0) is 20.8. The monoisotopic (exact) mass is 426 g/mol. The molecule has 0 heterocycles. The lowest BCUT2D eigenvalue weighted by Crippen LogP contribution is -2.07. The maximum absolute atomic E-state index is 13.6. The molecule has 0 atom stereocenters. The molecule has 0 radical (unpaired) electrons. The predicted molar refractivity (Wildman–Crippen MR) is 105 cm³/mol. The van der Waals surface area contributed by atoms with Crippen molar-refractivity contribution in [2.45, 2.75) is 77.0 Å². The highest BCUT2D eigenvalue weighted by Gasteiger charge is 2.24. The largest absolute Gasteiger partial charge is 0.396 e. The van der Waals surface area contributed by atoms with Gasteiger partial charge in [-0.1, -0.05) is 57.8 Å². The summed E-state index contributed by atoms with van der Waals surface area (Å²) >= 11 is 1.79. The van der Waals surface area contributed by atoms with Crippen LogP contribution in [0.2, 0.25) is 0 Å². The summed E-state index contributed by atoms with van der Waals surface area (Å²) in [6.07, 6.45) is 11.3. The van der Waals surface area contributed by atoms with Gasteiger partial charge in [-0.15, -0.1) is 0 Å². The average molecular weight is 427 g/mol. The van der Waals surface area contributed by atoms with Crippen LogP contribution < -0.4 is 0 Å². The Balaban J connectivity index is 2.02. The minimum absolute atomic E-state index is 0.137. The van der Waals surface area contributed by atoms with Gasteiger partial charge < -0.3 is 5.11 Å². The Morgan fingerprint density at radius 2 is 0.893 bits per heavy atom. The van der Waals surface area contributed by atoms with E-state index in [0.29, 0.717) is 12.8 Å². The van der Waals surface area contributed by atoms with E-state index in [4.69, 9.17) is 5.11 Å². The Morgan fingerprint density at radius 3 is 1.36 bits per heavy atom. The summed E-state index contributed by atoms with van der Waals surface area (Å²) in [5, 5.41) is 8.67. The summed E-state index contributed by atoms with van der Waals surface area (Å²) in [7, 11) is 0. The summed E-state index contributed by atoms with van der Waals surface area (Å²) < 4.78 is 66.3. The van der Waals surface area contributed by atoms with E-state index in [2.05, 4.69) is 0 Å². The Labute approximate surface area is 169 Å². The fraction of sp³-hybridized carbons (Fsp3) is 0.714. The number of thioether (sulfide) groups is 1. The van der Waals surface area contributed by atoms with E-state index in [0.717, 1.165) is 37.2 Å². The van der Waals surface area contributed by atoms with Crippen molar-refractivity contribution in [2.24, 2.45) is 0 Å². The third-order valence-corrected chi connectivity index (χ3v) is 5.80. The van der Waals surface area contributed by atoms with Gasteiger partial charge in [0.25, 0.3) is 0 Å². The van der Waals surface area contributed by atoms with Crippen LogP contribution in [0.4, 0.5) is 22.0 Å². The molecule has 1 rings (SSSR count). The molecule has 1 aromatic carbocycles. The number of hydrogen-bond donors (Lipinski definition) is 1. The van der Waals surface area contributed by atoms with Crippen LogP contribution in [0.1, 0.15) is 76.2 Å². The van der Waals surface area contributed by atoms with Gasteiger partial charge in [0.15, 0.2) is 23.3 Å². The number of unbranched alkanes of at least 4 members (excludes halogenated alkanes) is 10. The smallest absolute Gasteiger partial charge is 0.200 e. The van der Waals surface area contributed by atoms with Crippen LogP contribution in [-0.2, 0) is 6.42 Å². The van der Waals surface area contributed by atoms with Crippen LogP contribution in [0.25, 0.3) is 0 Å². The fourth-order valence-electron chi connectivity index (χ4n) is 3.13. The molecule has 1 aromatic rings. The van der Waals surface area contributed by atoms with Crippen LogP contribution in [-0.4, -0.2) is 23.2 Å². The van der Waals surface area contributed by atoms with Gasteiger partial charge in [-0.05, 0) is 25.0 Å². The van der Waals surface area contributed by atoms with Gasteiger partial charge in [-0.2, -0.15) is 11.8 Å². The van der Waals surface area contributed by atoms with Crippen molar-refractivity contribution < 1.29 is 27.1 Å². The first-order chi connectivity index (χ1) is 13.5. The number of rotatable bonds is 16. The van der Waals surface area contributed by atoms with E-state index >= 15 is 0 Å². The molecule has 0 aromatic heterocycles. The van der Waals surface area contributed by atoms with Crippen molar-refractivity contribution in [1.29, 1.82) is 0 Å². The molecule has 0 aliphatic rings. The second kappa shape index (κ2) is 15.1. The highest BCUT2D eigenvalue weighted by molar-refractivity contribution is 7.99. The number of hydrogen-bond acceptors (Lipinski definition) is 2. The standard InChI is InChI=1S/C21H31F5OS/c22-17-16(18(23)20(25)21(26)19(17)24)12-10-8-6-4-2-1-3-5-7-9-11-14-28-15-13-27/h27H,1-15H2. The minimum Gasteiger partial charge on any atom is -0.396 e. The van der Waals surface area contributed by atoms with Crippen LogP contribution in [0.3, 0.4) is 0 Å². The van der Waals surface area contributed by atoms with Crippen molar-refractivity contribution >= 4 is 11.8 Å². The molecule has 0 aliphatic heterocycles. The topological polar surface area (TPSA) is 20.2 Å². The van der Waals surface area contributed by atoms with E-state index in [1.807, 2.05) is 0 Å². The summed E-state index contributed by atoms with van der Waals surface area (Å²) in [5.74, 6) is -7.30. The molecule has 0 spiro atoms. The zero-order valence-electron chi connectivity index (χ0n) is 16.4. The first-order valence-electron chi connectivity index (χ1n) is 10.2. The summed E-state index contributed by atoms with van der Waals surface area (Å²) in [6.45, 7) is 0.252.